The average molecular weight is 575 g/mol. The fourth-order valence-corrected chi connectivity index (χ4v) is 5.98. The Labute approximate surface area is 211 Å². The molecule has 0 fully saturated rings. The lowest BCUT2D eigenvalue weighted by atomic mass is 9.94. The molecule has 11 heteroatoms. The summed E-state index contributed by atoms with van der Waals surface area (Å²) in [6, 6.07) is 18.4. The van der Waals surface area contributed by atoms with Gasteiger partial charge in [-0.05, 0) is 70.5 Å². The summed E-state index contributed by atoms with van der Waals surface area (Å²) in [4.78, 5) is -0.0144. The summed E-state index contributed by atoms with van der Waals surface area (Å²) in [6.07, 6.45) is 1.44. The van der Waals surface area contributed by atoms with E-state index < -0.39 is 20.0 Å². The molecule has 0 saturated heterocycles. The number of benzene rings is 3. The van der Waals surface area contributed by atoms with Crippen LogP contribution in [0.4, 0.5) is 0 Å². The van der Waals surface area contributed by atoms with Gasteiger partial charge in [0.05, 0.1) is 35.4 Å². The Morgan fingerprint density at radius 2 is 1.11 bits per heavy atom. The van der Waals surface area contributed by atoms with E-state index >= 15 is 0 Å². The normalized spacial score (nSPS) is 16.0. The van der Waals surface area contributed by atoms with Gasteiger partial charge in [0, 0.05) is 15.6 Å². The second kappa shape index (κ2) is 9.76. The summed E-state index contributed by atoms with van der Waals surface area (Å²) in [6.45, 7) is 0. The molecule has 8 nitrogen and oxygen atoms in total. The lowest BCUT2D eigenvalue weighted by molar-refractivity contribution is 0.414. The lowest BCUT2D eigenvalue weighted by Crippen LogP contribution is -2.18. The number of rotatable bonds is 6. The van der Waals surface area contributed by atoms with Crippen LogP contribution in [0.25, 0.3) is 0 Å². The van der Waals surface area contributed by atoms with E-state index in [1.54, 1.807) is 24.3 Å². The number of allylic oxidation sites excluding steroid dienone is 2. The number of halogens is 1. The van der Waals surface area contributed by atoms with Gasteiger partial charge in [-0.2, -0.15) is 25.6 Å². The molecule has 3 aromatic carbocycles. The molecule has 180 valence electrons. The van der Waals surface area contributed by atoms with Crippen molar-refractivity contribution in [2.45, 2.75) is 9.79 Å². The monoisotopic (exact) mass is 574 g/mol. The molecule has 4 rings (SSSR count). The highest BCUT2D eigenvalue weighted by molar-refractivity contribution is 9.12. The van der Waals surface area contributed by atoms with Crippen molar-refractivity contribution in [3.8, 4) is 11.5 Å². The summed E-state index contributed by atoms with van der Waals surface area (Å²) >= 11 is 3.35. The summed E-state index contributed by atoms with van der Waals surface area (Å²) in [5.74, 6) is 1.03. The zero-order valence-electron chi connectivity index (χ0n) is 18.5. The predicted molar refractivity (Wildman–Crippen MR) is 137 cm³/mol. The largest absolute Gasteiger partial charge is 0.497 e. The Bertz CT molecular complexity index is 1580. The van der Waals surface area contributed by atoms with Gasteiger partial charge in [-0.3, -0.25) is 0 Å². The highest BCUT2D eigenvalue weighted by Crippen LogP contribution is 2.29. The standard InChI is InChI=1S/C24H19BrN2O6S2/c1-32-16-7-11-18(12-8-16)34(28,29)26-23-15-22(25)24(21-6-4-3-5-20(21)23)27-35(30,31)19-13-9-17(33-2)10-14-19/h3-15H,1-2H3/b26-23+,27-24+. The molecule has 0 aliphatic heterocycles. The maximum Gasteiger partial charge on any atom is 0.282 e. The van der Waals surface area contributed by atoms with Gasteiger partial charge in [0.2, 0.25) is 0 Å². The van der Waals surface area contributed by atoms with E-state index in [2.05, 4.69) is 24.7 Å². The van der Waals surface area contributed by atoms with Crippen LogP contribution in [0.2, 0.25) is 0 Å². The third-order valence-corrected chi connectivity index (χ3v) is 8.29. The summed E-state index contributed by atoms with van der Waals surface area (Å²) in [5, 5.41) is 0. The van der Waals surface area contributed by atoms with E-state index in [1.165, 1.54) is 68.8 Å². The first-order valence-corrected chi connectivity index (χ1v) is 13.8. The maximum atomic E-state index is 13.0. The Morgan fingerprint density at radius 3 is 1.60 bits per heavy atom. The molecule has 0 heterocycles. The Morgan fingerprint density at radius 1 is 0.657 bits per heavy atom. The van der Waals surface area contributed by atoms with Crippen LogP contribution in [-0.2, 0) is 20.0 Å². The number of nitrogens with zero attached hydrogens (tertiary/aromatic N) is 2. The van der Waals surface area contributed by atoms with Gasteiger partial charge in [-0.15, -0.1) is 0 Å². The topological polar surface area (TPSA) is 111 Å². The second-order valence-electron chi connectivity index (χ2n) is 7.26. The molecule has 0 spiro atoms. The first kappa shape index (κ1) is 24.8. The third kappa shape index (κ3) is 5.21. The summed E-state index contributed by atoms with van der Waals surface area (Å²) < 4.78 is 70.4. The van der Waals surface area contributed by atoms with Gasteiger partial charge < -0.3 is 9.47 Å². The molecule has 0 unspecified atom stereocenters. The molecule has 0 bridgehead atoms. The fourth-order valence-electron chi connectivity index (χ4n) is 3.33. The zero-order valence-corrected chi connectivity index (χ0v) is 21.8. The summed E-state index contributed by atoms with van der Waals surface area (Å²) in [5.41, 5.74) is 1.13. The van der Waals surface area contributed by atoms with Crippen molar-refractivity contribution < 1.29 is 26.3 Å². The van der Waals surface area contributed by atoms with E-state index in [-0.39, 0.29) is 25.7 Å². The van der Waals surface area contributed by atoms with Crippen molar-refractivity contribution in [2.75, 3.05) is 14.2 Å². The molecule has 3 aromatic rings. The molecule has 0 atom stereocenters. The highest BCUT2D eigenvalue weighted by atomic mass is 79.9. The van der Waals surface area contributed by atoms with Crippen LogP contribution in [0.1, 0.15) is 11.1 Å². The zero-order chi connectivity index (χ0) is 25.2. The molecule has 0 aromatic heterocycles. The second-order valence-corrected chi connectivity index (χ2v) is 11.3. The molecular formula is C24H19BrN2O6S2. The van der Waals surface area contributed by atoms with E-state index in [1.807, 2.05) is 0 Å². The first-order valence-electron chi connectivity index (χ1n) is 10.1. The highest BCUT2D eigenvalue weighted by Gasteiger charge is 2.26. The van der Waals surface area contributed by atoms with Gasteiger partial charge in [0.15, 0.2) is 0 Å². The Balaban J connectivity index is 1.80. The van der Waals surface area contributed by atoms with Gasteiger partial charge in [-0.1, -0.05) is 24.3 Å². The molecule has 0 amide bonds. The molecule has 1 aliphatic carbocycles. The van der Waals surface area contributed by atoms with Crippen LogP contribution in [0.15, 0.2) is 102 Å². The number of hydrogen-bond donors (Lipinski definition) is 0. The van der Waals surface area contributed by atoms with Gasteiger partial charge in [0.1, 0.15) is 11.5 Å². The minimum atomic E-state index is -4.07. The van der Waals surface area contributed by atoms with Crippen LogP contribution in [-0.4, -0.2) is 42.5 Å². The van der Waals surface area contributed by atoms with Crippen molar-refractivity contribution in [3.05, 3.63) is 94.5 Å². The van der Waals surface area contributed by atoms with Crippen LogP contribution >= 0.6 is 15.9 Å². The molecule has 1 aliphatic rings. The van der Waals surface area contributed by atoms with Crippen molar-refractivity contribution in [3.63, 3.8) is 0 Å². The Hall–Kier alpha value is -3.28. The molecule has 35 heavy (non-hydrogen) atoms. The number of methoxy groups -OCH3 is 2. The quantitative estimate of drug-likeness (QED) is 0.432. The van der Waals surface area contributed by atoms with Crippen LogP contribution in [0.3, 0.4) is 0 Å². The smallest absolute Gasteiger partial charge is 0.282 e. The van der Waals surface area contributed by atoms with Crippen LogP contribution < -0.4 is 9.47 Å². The number of hydrogen-bond acceptors (Lipinski definition) is 6. The Kier molecular flexibility index (Phi) is 6.93. The van der Waals surface area contributed by atoms with Crippen molar-refractivity contribution in [2.24, 2.45) is 8.80 Å². The molecule has 0 N–H and O–H groups in total. The van der Waals surface area contributed by atoms with E-state index in [0.717, 1.165) is 0 Å². The van der Waals surface area contributed by atoms with Crippen molar-refractivity contribution >= 4 is 47.4 Å². The minimum Gasteiger partial charge on any atom is -0.497 e. The molecule has 0 saturated carbocycles. The predicted octanol–water partition coefficient (Wildman–Crippen LogP) is 4.35. The van der Waals surface area contributed by atoms with Gasteiger partial charge >= 0.3 is 0 Å². The minimum absolute atomic E-state index is 0.00523. The van der Waals surface area contributed by atoms with Gasteiger partial charge in [-0.25, -0.2) is 0 Å². The van der Waals surface area contributed by atoms with E-state index in [0.29, 0.717) is 22.6 Å². The summed E-state index contributed by atoms with van der Waals surface area (Å²) in [7, 11) is -5.16. The van der Waals surface area contributed by atoms with Crippen molar-refractivity contribution in [1.82, 2.24) is 0 Å². The van der Waals surface area contributed by atoms with Gasteiger partial charge in [0.25, 0.3) is 20.0 Å². The lowest BCUT2D eigenvalue weighted by Gasteiger charge is -2.17. The molecular weight excluding hydrogens is 556 g/mol. The van der Waals surface area contributed by atoms with E-state index in [4.69, 9.17) is 9.47 Å². The average Bonchev–Trinajstić information content (AvgIpc) is 2.86. The van der Waals surface area contributed by atoms with E-state index in [9.17, 15) is 16.8 Å². The first-order chi connectivity index (χ1) is 16.6. The fraction of sp³-hybridized carbons (Fsp3) is 0.0833. The number of ether oxygens (including phenoxy) is 2. The number of fused-ring (bicyclic) bond motifs is 1. The third-order valence-electron chi connectivity index (χ3n) is 5.09. The molecule has 0 radical (unpaired) electrons. The number of sulfonamides is 2. The van der Waals surface area contributed by atoms with Crippen LogP contribution in [0.5, 0.6) is 11.5 Å². The maximum absolute atomic E-state index is 13.0. The SMILES string of the molecule is COc1ccc(S(=O)(=O)/N=C2C=C(Br)/C(=N/S(=O)(=O)c3ccc(OC)cc3)c3ccccc3\2)cc1. The van der Waals surface area contributed by atoms with Crippen LogP contribution in [0, 0.1) is 0 Å². The van der Waals surface area contributed by atoms with Crippen molar-refractivity contribution in [1.29, 1.82) is 0 Å².